The van der Waals surface area contributed by atoms with Crippen molar-refractivity contribution in [1.29, 1.82) is 0 Å². The van der Waals surface area contributed by atoms with Crippen LogP contribution in [-0.4, -0.2) is 37.8 Å². The number of rotatable bonds is 5. The first kappa shape index (κ1) is 15.3. The second kappa shape index (κ2) is 5.90. The lowest BCUT2D eigenvalue weighted by Crippen LogP contribution is -2.37. The zero-order chi connectivity index (χ0) is 13.9. The Morgan fingerprint density at radius 2 is 2.11 bits per heavy atom. The number of nitrogens with zero attached hydrogens (tertiary/aromatic N) is 1. The standard InChI is InChI=1S/C11H17FN2O2S2/c1-8(7-17-3)14(2)18(15,16)10-6-4-5-9(12)11(10)13/h4-6,8H,7,13H2,1-3H3. The lowest BCUT2D eigenvalue weighted by atomic mass is 10.3. The first-order valence-electron chi connectivity index (χ1n) is 5.33. The van der Waals surface area contributed by atoms with Crippen molar-refractivity contribution in [3.8, 4) is 0 Å². The fourth-order valence-corrected chi connectivity index (χ4v) is 3.77. The lowest BCUT2D eigenvalue weighted by molar-refractivity contribution is 0.415. The predicted molar refractivity (Wildman–Crippen MR) is 73.6 cm³/mol. The molecule has 1 atom stereocenters. The fraction of sp³-hybridized carbons (Fsp3) is 0.455. The average molecular weight is 292 g/mol. The number of halogens is 1. The monoisotopic (exact) mass is 292 g/mol. The first-order chi connectivity index (χ1) is 8.32. The van der Waals surface area contributed by atoms with E-state index in [1.165, 1.54) is 23.5 Å². The molecule has 0 saturated heterocycles. The van der Waals surface area contributed by atoms with Gasteiger partial charge in [0, 0.05) is 18.8 Å². The van der Waals surface area contributed by atoms with Gasteiger partial charge in [0.05, 0.1) is 5.69 Å². The molecule has 0 bridgehead atoms. The molecule has 0 amide bonds. The summed E-state index contributed by atoms with van der Waals surface area (Å²) in [4.78, 5) is -0.182. The van der Waals surface area contributed by atoms with Gasteiger partial charge in [-0.15, -0.1) is 0 Å². The Bertz CT molecular complexity index is 520. The van der Waals surface area contributed by atoms with Crippen molar-refractivity contribution in [1.82, 2.24) is 4.31 Å². The summed E-state index contributed by atoms with van der Waals surface area (Å²) in [5, 5.41) is 0. The Hall–Kier alpha value is -0.790. The van der Waals surface area contributed by atoms with Gasteiger partial charge >= 0.3 is 0 Å². The van der Waals surface area contributed by atoms with Gasteiger partial charge in [0.1, 0.15) is 10.7 Å². The molecule has 18 heavy (non-hydrogen) atoms. The Kier molecular flexibility index (Phi) is 5.01. The number of sulfonamides is 1. The second-order valence-corrected chi connectivity index (χ2v) is 6.85. The summed E-state index contributed by atoms with van der Waals surface area (Å²) in [7, 11) is -2.29. The minimum atomic E-state index is -3.76. The molecular weight excluding hydrogens is 275 g/mol. The minimum absolute atomic E-state index is 0.182. The Morgan fingerprint density at radius 1 is 1.50 bits per heavy atom. The molecule has 0 heterocycles. The van der Waals surface area contributed by atoms with Crippen molar-refractivity contribution in [3.05, 3.63) is 24.0 Å². The van der Waals surface area contributed by atoms with Gasteiger partial charge in [-0.2, -0.15) is 16.1 Å². The van der Waals surface area contributed by atoms with Gasteiger partial charge in [0.2, 0.25) is 10.0 Å². The van der Waals surface area contributed by atoms with Gasteiger partial charge < -0.3 is 5.73 Å². The van der Waals surface area contributed by atoms with Crippen molar-refractivity contribution in [2.45, 2.75) is 17.9 Å². The molecule has 0 aliphatic heterocycles. The highest BCUT2D eigenvalue weighted by molar-refractivity contribution is 7.98. The van der Waals surface area contributed by atoms with E-state index in [2.05, 4.69) is 0 Å². The number of benzene rings is 1. The molecular formula is C11H17FN2O2S2. The smallest absolute Gasteiger partial charge is 0.245 e. The molecule has 1 rings (SSSR count). The van der Waals surface area contributed by atoms with Gasteiger partial charge in [-0.25, -0.2) is 12.8 Å². The van der Waals surface area contributed by atoms with Gasteiger partial charge in [-0.1, -0.05) is 6.07 Å². The van der Waals surface area contributed by atoms with E-state index in [0.717, 1.165) is 6.07 Å². The molecule has 0 radical (unpaired) electrons. The van der Waals surface area contributed by atoms with Gasteiger partial charge in [0.15, 0.2) is 0 Å². The van der Waals surface area contributed by atoms with Crippen molar-refractivity contribution in [2.24, 2.45) is 0 Å². The summed E-state index contributed by atoms with van der Waals surface area (Å²) in [6, 6.07) is 3.61. The molecule has 0 fully saturated rings. The van der Waals surface area contributed by atoms with E-state index < -0.39 is 15.8 Å². The van der Waals surface area contributed by atoms with Crippen molar-refractivity contribution >= 4 is 27.5 Å². The van der Waals surface area contributed by atoms with Crippen LogP contribution < -0.4 is 5.73 Å². The van der Waals surface area contributed by atoms with Crippen LogP contribution in [0.4, 0.5) is 10.1 Å². The summed E-state index contributed by atoms with van der Waals surface area (Å²) in [6.45, 7) is 1.80. The number of para-hydroxylation sites is 1. The highest BCUT2D eigenvalue weighted by Gasteiger charge is 2.27. The topological polar surface area (TPSA) is 63.4 Å². The summed E-state index contributed by atoms with van der Waals surface area (Å²) >= 11 is 1.55. The molecule has 0 aliphatic carbocycles. The van der Waals surface area contributed by atoms with Gasteiger partial charge in [0.25, 0.3) is 0 Å². The summed E-state index contributed by atoms with van der Waals surface area (Å²) < 4.78 is 39.1. The van der Waals surface area contributed by atoms with Crippen LogP contribution in [0, 0.1) is 5.82 Å². The number of hydrogen-bond donors (Lipinski definition) is 1. The molecule has 0 aromatic heterocycles. The summed E-state index contributed by atoms with van der Waals surface area (Å²) in [5.74, 6) is -0.0627. The first-order valence-corrected chi connectivity index (χ1v) is 8.16. The second-order valence-electron chi connectivity index (χ2n) is 3.98. The van der Waals surface area contributed by atoms with Crippen LogP contribution in [0.5, 0.6) is 0 Å². The van der Waals surface area contributed by atoms with Crippen LogP contribution in [0.3, 0.4) is 0 Å². The zero-order valence-electron chi connectivity index (χ0n) is 10.6. The number of hydrogen-bond acceptors (Lipinski definition) is 4. The molecule has 1 unspecified atom stereocenters. The van der Waals surface area contributed by atoms with Crippen LogP contribution in [0.15, 0.2) is 23.1 Å². The highest BCUT2D eigenvalue weighted by atomic mass is 32.2. The van der Waals surface area contributed by atoms with E-state index in [1.54, 1.807) is 18.7 Å². The van der Waals surface area contributed by atoms with Crippen molar-refractivity contribution in [3.63, 3.8) is 0 Å². The number of anilines is 1. The third kappa shape index (κ3) is 2.96. The summed E-state index contributed by atoms with van der Waals surface area (Å²) in [5.41, 5.74) is 5.16. The Balaban J connectivity index is 3.17. The molecule has 0 saturated carbocycles. The van der Waals surface area contributed by atoms with Crippen LogP contribution in [-0.2, 0) is 10.0 Å². The molecule has 7 heteroatoms. The molecule has 2 N–H and O–H groups in total. The predicted octanol–water partition coefficient (Wildman–Crippen LogP) is 1.78. The van der Waals surface area contributed by atoms with Crippen LogP contribution >= 0.6 is 11.8 Å². The number of thioether (sulfide) groups is 1. The fourth-order valence-electron chi connectivity index (χ4n) is 1.48. The maximum Gasteiger partial charge on any atom is 0.245 e. The van der Waals surface area contributed by atoms with Crippen LogP contribution in [0.1, 0.15) is 6.92 Å². The molecule has 1 aromatic carbocycles. The van der Waals surface area contributed by atoms with Crippen LogP contribution in [0.2, 0.25) is 0 Å². The zero-order valence-corrected chi connectivity index (χ0v) is 12.2. The molecule has 0 spiro atoms. The maximum atomic E-state index is 13.3. The highest BCUT2D eigenvalue weighted by Crippen LogP contribution is 2.25. The number of nitrogens with two attached hydrogens (primary N) is 1. The minimum Gasteiger partial charge on any atom is -0.395 e. The normalized spacial score (nSPS) is 13.8. The van der Waals surface area contributed by atoms with Gasteiger partial charge in [-0.3, -0.25) is 0 Å². The Labute approximate surface area is 111 Å². The van der Waals surface area contributed by atoms with Crippen molar-refractivity contribution in [2.75, 3.05) is 24.8 Å². The van der Waals surface area contributed by atoms with E-state index in [4.69, 9.17) is 5.73 Å². The largest absolute Gasteiger partial charge is 0.395 e. The van der Waals surface area contributed by atoms with E-state index in [0.29, 0.717) is 5.75 Å². The lowest BCUT2D eigenvalue weighted by Gasteiger charge is -2.24. The third-order valence-corrected chi connectivity index (χ3v) is 5.54. The van der Waals surface area contributed by atoms with E-state index in [1.807, 2.05) is 6.26 Å². The van der Waals surface area contributed by atoms with E-state index >= 15 is 0 Å². The molecule has 4 nitrogen and oxygen atoms in total. The third-order valence-electron chi connectivity index (χ3n) is 2.70. The number of nitrogen functional groups attached to an aromatic ring is 1. The maximum absolute atomic E-state index is 13.3. The van der Waals surface area contributed by atoms with E-state index in [-0.39, 0.29) is 16.6 Å². The molecule has 102 valence electrons. The Morgan fingerprint density at radius 3 is 2.67 bits per heavy atom. The quantitative estimate of drug-likeness (QED) is 0.840. The molecule has 0 aliphatic rings. The average Bonchev–Trinajstić information content (AvgIpc) is 2.31. The van der Waals surface area contributed by atoms with Crippen LogP contribution in [0.25, 0.3) is 0 Å². The SMILES string of the molecule is CSCC(C)N(C)S(=O)(=O)c1cccc(F)c1N. The van der Waals surface area contributed by atoms with Crippen molar-refractivity contribution < 1.29 is 12.8 Å². The molecule has 1 aromatic rings. The van der Waals surface area contributed by atoms with E-state index in [9.17, 15) is 12.8 Å². The van der Waals surface area contributed by atoms with Gasteiger partial charge in [-0.05, 0) is 25.3 Å². The summed E-state index contributed by atoms with van der Waals surface area (Å²) in [6.07, 6.45) is 1.90.